The summed E-state index contributed by atoms with van der Waals surface area (Å²) in [4.78, 5) is 196. The number of Topliss-reactive ketones (excluding diaryl/α,β-unsaturated/α-hetero) is 5. The van der Waals surface area contributed by atoms with Crippen molar-refractivity contribution >= 4 is 146 Å². The number of nitrogens with one attached hydrogen (secondary N) is 9. The molecule has 0 fully saturated rings. The van der Waals surface area contributed by atoms with Crippen molar-refractivity contribution in [2.24, 2.45) is 41.4 Å². The van der Waals surface area contributed by atoms with Crippen molar-refractivity contribution in [2.75, 3.05) is 12.0 Å². The van der Waals surface area contributed by atoms with Gasteiger partial charge >= 0.3 is 12.2 Å². The number of aldehydes is 5. The first kappa shape index (κ1) is 118. The Bertz CT molecular complexity index is 5870. The third-order valence-corrected chi connectivity index (χ3v) is 25.0. The summed E-state index contributed by atoms with van der Waals surface area (Å²) in [6, 6.07) is 57.3. The molecule has 772 valence electrons. The van der Waals surface area contributed by atoms with E-state index in [2.05, 4.69) is 53.4 Å². The smallest absolute Gasteiger partial charge is 0.408 e. The third kappa shape index (κ3) is 42.3. The number of hydrogen-bond donors (Lipinski definition) is 9. The van der Waals surface area contributed by atoms with Crippen molar-refractivity contribution in [3.8, 4) is 0 Å². The van der Waals surface area contributed by atoms with Crippen LogP contribution in [0.1, 0.15) is 232 Å². The number of ether oxygens (including phenoxy) is 2. The number of alkyl carbamates (subject to hydrolysis) is 2. The molecular weight excluding hydrogens is 1840 g/mol. The summed E-state index contributed by atoms with van der Waals surface area (Å²) >= 11 is 1.66. The second-order valence-electron chi connectivity index (χ2n) is 39.8. The molecule has 0 saturated carbocycles. The van der Waals surface area contributed by atoms with Crippen LogP contribution >= 0.6 is 11.8 Å². The number of para-hydroxylation sites is 4. The molecule has 144 heavy (non-hydrogen) atoms. The highest BCUT2D eigenvalue weighted by Gasteiger charge is 2.33. The molecule has 0 radical (unpaired) electrons. The third-order valence-electron chi connectivity index (χ3n) is 24.4. The molecule has 26 nitrogen and oxygen atoms in total. The van der Waals surface area contributed by atoms with Crippen LogP contribution in [0.15, 0.2) is 213 Å². The highest BCUT2D eigenvalue weighted by atomic mass is 32.2. The van der Waals surface area contributed by atoms with Gasteiger partial charge in [0.05, 0.1) is 30.2 Å². The van der Waals surface area contributed by atoms with E-state index in [4.69, 9.17) is 9.47 Å². The molecule has 5 amide bonds. The fraction of sp³-hybridized carbons (Fsp3) is 0.444. The minimum Gasteiger partial charge on any atom is -0.444 e. The second kappa shape index (κ2) is 62.3. The van der Waals surface area contributed by atoms with E-state index in [1.165, 1.54) is 12.8 Å². The van der Waals surface area contributed by atoms with Crippen LogP contribution in [0.4, 0.5) is 9.59 Å². The molecule has 4 aromatic heterocycles. The van der Waals surface area contributed by atoms with Gasteiger partial charge in [-0.1, -0.05) is 238 Å². The summed E-state index contributed by atoms with van der Waals surface area (Å²) in [5.41, 5.74) is 9.75. The second-order valence-corrected chi connectivity index (χ2v) is 40.7. The Balaban J connectivity index is 0.000000245. The summed E-state index contributed by atoms with van der Waals surface area (Å²) in [6.45, 7) is 24.1. The number of ketones is 5. The van der Waals surface area contributed by atoms with Gasteiger partial charge in [0, 0.05) is 162 Å². The van der Waals surface area contributed by atoms with Gasteiger partial charge in [-0.15, -0.1) is 0 Å². The SMILES string of the molecule is CC(C)C[C@H](NC(=O)OC(C)(C)C)C(=O)C[C@H](C=O)Cc1ccccc1.CC(C)[C@H](NC(=O)OC(C)(C)C)C(=O)C[C@H](C=O)Cc1ccccc1.CCC(=O)N[C@@H](Cc1c[nH]c2ccccc12)C(=O)C[C@H](C=O)Cc1c[nH]c2ccccc12.CCCC(=O)N[C@@H](Cc1c[nH]c2ccccc12)C(=O)C[C@H](C=O)Cc1c[nH]c2ccccc12.CCCCCCCC(=O)N[C@@H](CCSC)C(=O)C[C@H](C=O)Cc1ccccc1. The first-order chi connectivity index (χ1) is 69.0. The fourth-order valence-corrected chi connectivity index (χ4v) is 17.5. The topological polar surface area (TPSA) is 398 Å². The van der Waals surface area contributed by atoms with Gasteiger partial charge in [-0.25, -0.2) is 9.59 Å². The van der Waals surface area contributed by atoms with Gasteiger partial charge < -0.3 is 80.0 Å². The number of fused-ring (bicyclic) bond motifs is 4. The lowest BCUT2D eigenvalue weighted by Gasteiger charge is -2.25. The molecule has 0 spiro atoms. The van der Waals surface area contributed by atoms with E-state index in [9.17, 15) is 71.9 Å². The highest BCUT2D eigenvalue weighted by molar-refractivity contribution is 7.98. The molecule has 7 aromatic carbocycles. The van der Waals surface area contributed by atoms with E-state index in [1.54, 1.807) is 60.2 Å². The van der Waals surface area contributed by atoms with Crippen LogP contribution in [-0.4, -0.2) is 164 Å². The first-order valence-electron chi connectivity index (χ1n) is 50.6. The van der Waals surface area contributed by atoms with Crippen molar-refractivity contribution in [1.82, 2.24) is 46.5 Å². The van der Waals surface area contributed by atoms with Gasteiger partial charge in [0.15, 0.2) is 28.9 Å². The van der Waals surface area contributed by atoms with Crippen molar-refractivity contribution in [3.05, 3.63) is 252 Å². The van der Waals surface area contributed by atoms with E-state index < -0.39 is 77.3 Å². The summed E-state index contributed by atoms with van der Waals surface area (Å²) in [5.74, 6) is -2.10. The van der Waals surface area contributed by atoms with Crippen LogP contribution in [0.25, 0.3) is 43.6 Å². The maximum atomic E-state index is 13.3. The Kier molecular flexibility index (Phi) is 50.9. The number of carbonyl (C=O) groups is 15. The lowest BCUT2D eigenvalue weighted by molar-refractivity contribution is -0.129. The number of aromatic nitrogens is 4. The average Bonchev–Trinajstić information content (AvgIpc) is 1.68. The standard InChI is InChI=1S/C27H29N3O3.C26H27N3O3.C23H35NO3S.C21H31NO4.C20H29NO4/c1-2-7-27(33)30-25(14-20-16-29-24-11-6-4-9-22(20)24)26(32)13-18(17-31)12-19-15-28-23-10-5-3-8-21(19)23;1-2-26(32)29-24(13-19-15-28-23-10-6-4-8-21(19)23)25(31)12-17(16-30)11-18-14-27-22-9-5-3-7-20(18)22;1-3-4-5-6-10-13-23(27)24-21(14-15-28-2)22(26)17-20(18-25)16-19-11-8-7-9-12-19;1-15(2)11-18(22-20(25)26-21(3,4)5)19(24)13-17(14-23)12-16-9-7-6-8-10-16;1-14(2)18(21-19(24)25-20(3,4)5)17(23)12-16(13-22)11-15-9-7-6-8-10-15/h3-6,8-11,15-18,25,28-29H,2,7,12-14H2,1H3,(H,30,33);3-10,14-17,24,27-28H,2,11-13H2,1H3,(H,29,32);7-9,11-12,18,20-21H,3-6,10,13-17H2,1-2H3,(H,24,27);6-10,14-15,17-18H,11-13H2,1-5H3,(H,22,25);6-10,13-14,16,18H,11-12H2,1-5H3,(H,21,24)/t18-,25+;17-,24+;20-,21+;17-,18+;16-,18+/m11111/s1. The highest BCUT2D eigenvalue weighted by Crippen LogP contribution is 2.29. The van der Waals surface area contributed by atoms with Crippen molar-refractivity contribution in [3.63, 3.8) is 0 Å². The number of hydrogen-bond acceptors (Lipinski definition) is 18. The van der Waals surface area contributed by atoms with Crippen LogP contribution in [0.3, 0.4) is 0 Å². The molecule has 0 aliphatic carbocycles. The van der Waals surface area contributed by atoms with Crippen LogP contribution in [-0.2, 0) is 117 Å². The van der Waals surface area contributed by atoms with E-state index in [-0.39, 0.29) is 96.5 Å². The molecule has 27 heteroatoms. The van der Waals surface area contributed by atoms with Gasteiger partial charge in [0.2, 0.25) is 17.7 Å². The van der Waals surface area contributed by atoms with Gasteiger partial charge in [-0.2, -0.15) is 11.8 Å². The quantitative estimate of drug-likeness (QED) is 0.0126. The van der Waals surface area contributed by atoms with Gasteiger partial charge in [-0.05, 0) is 186 Å². The number of amides is 5. The fourth-order valence-electron chi connectivity index (χ4n) is 17.0. The number of carbonyl (C=O) groups excluding carboxylic acids is 15. The average molecular weight is 1990 g/mol. The van der Waals surface area contributed by atoms with Crippen LogP contribution < -0.4 is 26.6 Å². The Labute approximate surface area is 852 Å². The molecule has 4 heterocycles. The first-order valence-corrected chi connectivity index (χ1v) is 52.0. The number of thioether (sulfide) groups is 1. The zero-order valence-electron chi connectivity index (χ0n) is 86.3. The van der Waals surface area contributed by atoms with E-state index in [0.717, 1.165) is 139 Å². The molecule has 11 aromatic rings. The predicted molar refractivity (Wildman–Crippen MR) is 572 cm³/mol. The zero-order chi connectivity index (χ0) is 105. The lowest BCUT2D eigenvalue weighted by Crippen LogP contribution is -2.47. The number of unbranched alkanes of at least 4 members (excludes halogenated alkanes) is 4. The number of H-pyrrole nitrogens is 4. The van der Waals surface area contributed by atoms with E-state index in [1.807, 2.05) is 254 Å². The molecule has 0 bridgehead atoms. The molecule has 11 rings (SSSR count). The molecule has 0 saturated heterocycles. The summed E-state index contributed by atoms with van der Waals surface area (Å²) in [7, 11) is 0. The Morgan fingerprint density at radius 3 is 0.993 bits per heavy atom. The van der Waals surface area contributed by atoms with Crippen LogP contribution in [0, 0.1) is 41.4 Å². The van der Waals surface area contributed by atoms with Crippen LogP contribution in [0.5, 0.6) is 0 Å². The van der Waals surface area contributed by atoms with Crippen LogP contribution in [0.2, 0.25) is 0 Å². The maximum absolute atomic E-state index is 13.3. The lowest BCUT2D eigenvalue weighted by atomic mass is 9.90. The minimum atomic E-state index is -0.674. The molecule has 0 unspecified atom stereocenters. The Morgan fingerprint density at radius 1 is 0.340 bits per heavy atom. The summed E-state index contributed by atoms with van der Waals surface area (Å²) in [6.07, 6.45) is 24.8. The number of rotatable bonds is 54. The molecular formula is C117H151N9O17S. The monoisotopic (exact) mass is 1990 g/mol. The van der Waals surface area contributed by atoms with E-state index >= 15 is 0 Å². The van der Waals surface area contributed by atoms with Crippen molar-refractivity contribution in [2.45, 2.75) is 279 Å². The molecule has 0 aliphatic heterocycles. The van der Waals surface area contributed by atoms with Gasteiger partial charge in [-0.3, -0.25) is 38.4 Å². The number of benzene rings is 7. The summed E-state index contributed by atoms with van der Waals surface area (Å²) in [5, 5.41) is 18.2. The van der Waals surface area contributed by atoms with Gasteiger partial charge in [0.1, 0.15) is 42.6 Å². The maximum Gasteiger partial charge on any atom is 0.408 e. The molecule has 10 atom stereocenters. The minimum absolute atomic E-state index is 0.0404. The Morgan fingerprint density at radius 2 is 0.653 bits per heavy atom. The Hall–Kier alpha value is -13.3. The van der Waals surface area contributed by atoms with Crippen molar-refractivity contribution < 1.29 is 81.4 Å². The van der Waals surface area contributed by atoms with E-state index in [0.29, 0.717) is 83.5 Å². The molecule has 0 aliphatic rings. The zero-order valence-corrected chi connectivity index (χ0v) is 87.2. The largest absolute Gasteiger partial charge is 0.444 e. The predicted octanol–water partition coefficient (Wildman–Crippen LogP) is 20.7. The van der Waals surface area contributed by atoms with Gasteiger partial charge in [0.25, 0.3) is 0 Å². The number of aromatic amines is 4. The van der Waals surface area contributed by atoms with Crippen molar-refractivity contribution in [1.29, 1.82) is 0 Å². The molecule has 9 N–H and O–H groups in total. The summed E-state index contributed by atoms with van der Waals surface area (Å²) < 4.78 is 10.5. The normalized spacial score (nSPS) is 13.3.